The Morgan fingerprint density at radius 1 is 1.22 bits per heavy atom. The second-order valence-electron chi connectivity index (χ2n) is 1.92. The molecule has 46 valence electrons. The van der Waals surface area contributed by atoms with E-state index >= 15 is 0 Å². The van der Waals surface area contributed by atoms with Crippen LogP contribution < -0.4 is 0 Å². The molecule has 0 aliphatic carbocycles. The lowest BCUT2D eigenvalue weighted by Crippen LogP contribution is -1.70. The molecular weight excluding hydrogens is 110 g/mol. The van der Waals surface area contributed by atoms with E-state index in [9.17, 15) is 0 Å². The van der Waals surface area contributed by atoms with Crippen LogP contribution in [0.25, 0.3) is 0 Å². The first-order valence-corrected chi connectivity index (χ1v) is 2.93. The second-order valence-corrected chi connectivity index (χ2v) is 1.92. The van der Waals surface area contributed by atoms with Crippen molar-refractivity contribution < 1.29 is 0 Å². The van der Waals surface area contributed by atoms with Gasteiger partial charge in [0.1, 0.15) is 0 Å². The molecule has 0 amide bonds. The highest BCUT2D eigenvalue weighted by molar-refractivity contribution is 5.72. The molecule has 0 N–H and O–H groups in total. The predicted molar refractivity (Wildman–Crippen MR) is 40.5 cm³/mol. The molecule has 0 saturated carbocycles. The third kappa shape index (κ3) is 2.08. The molecule has 0 spiro atoms. The van der Waals surface area contributed by atoms with Gasteiger partial charge in [0.25, 0.3) is 0 Å². The van der Waals surface area contributed by atoms with E-state index in [0.717, 1.165) is 0 Å². The molecule has 0 saturated heterocycles. The average molecular weight is 119 g/mol. The maximum absolute atomic E-state index is 3.99. The van der Waals surface area contributed by atoms with Crippen LogP contribution in [0.4, 0.5) is 0 Å². The summed E-state index contributed by atoms with van der Waals surface area (Å²) in [5, 5.41) is 0. The molecule has 1 heteroatoms. The molecule has 0 radical (unpaired) electrons. The van der Waals surface area contributed by atoms with Crippen LogP contribution in [-0.2, 0) is 0 Å². The molecule has 0 aromatic rings. The summed E-state index contributed by atoms with van der Waals surface area (Å²) in [4.78, 5) is 3.99. The van der Waals surface area contributed by atoms with E-state index in [1.54, 1.807) is 6.21 Å². The molecule has 0 atom stereocenters. The van der Waals surface area contributed by atoms with Gasteiger partial charge in [-0.2, -0.15) is 0 Å². The molecular formula is C8H9N. The SMILES string of the molecule is CC1=CN=C/C=C/C=C1. The third-order valence-corrected chi connectivity index (χ3v) is 1.03. The normalized spacial score (nSPS) is 20.3. The minimum absolute atomic E-state index is 1.18. The molecule has 9 heavy (non-hydrogen) atoms. The Bertz CT molecular complexity index is 195. The Morgan fingerprint density at radius 3 is 3.00 bits per heavy atom. The Balaban J connectivity index is 2.77. The lowest BCUT2D eigenvalue weighted by molar-refractivity contribution is 1.43. The number of allylic oxidation sites excluding steroid dienone is 5. The average Bonchev–Trinajstić information content (AvgIpc) is 1.79. The van der Waals surface area contributed by atoms with Crippen molar-refractivity contribution in [2.75, 3.05) is 0 Å². The van der Waals surface area contributed by atoms with Gasteiger partial charge in [-0.3, -0.25) is 4.99 Å². The smallest absolute Gasteiger partial charge is 0.0297 e. The topological polar surface area (TPSA) is 12.4 Å². The number of rotatable bonds is 0. The summed E-state index contributed by atoms with van der Waals surface area (Å²) < 4.78 is 0. The molecule has 1 aliphatic rings. The summed E-state index contributed by atoms with van der Waals surface area (Å²) in [6.07, 6.45) is 11.5. The van der Waals surface area contributed by atoms with Crippen molar-refractivity contribution in [1.82, 2.24) is 0 Å². The Morgan fingerprint density at radius 2 is 2.11 bits per heavy atom. The maximum atomic E-state index is 3.99. The minimum atomic E-state index is 1.18. The van der Waals surface area contributed by atoms with E-state index in [-0.39, 0.29) is 0 Å². The van der Waals surface area contributed by atoms with Gasteiger partial charge in [-0.05, 0) is 18.6 Å². The third-order valence-electron chi connectivity index (χ3n) is 1.03. The summed E-state index contributed by atoms with van der Waals surface area (Å²) in [5.41, 5.74) is 1.18. The van der Waals surface area contributed by atoms with Gasteiger partial charge < -0.3 is 0 Å². The van der Waals surface area contributed by atoms with E-state index in [1.165, 1.54) is 5.57 Å². The highest BCUT2D eigenvalue weighted by Gasteiger charge is 1.77. The van der Waals surface area contributed by atoms with Gasteiger partial charge in [0.05, 0.1) is 0 Å². The fraction of sp³-hybridized carbons (Fsp3) is 0.125. The monoisotopic (exact) mass is 119 g/mol. The molecule has 0 aromatic carbocycles. The number of hydrogen-bond acceptors (Lipinski definition) is 1. The molecule has 1 heterocycles. The van der Waals surface area contributed by atoms with Crippen LogP contribution in [0, 0.1) is 0 Å². The number of aliphatic imine (C=N–C) groups is 1. The molecule has 1 rings (SSSR count). The van der Waals surface area contributed by atoms with E-state index < -0.39 is 0 Å². The zero-order valence-electron chi connectivity index (χ0n) is 5.41. The van der Waals surface area contributed by atoms with Gasteiger partial charge in [0, 0.05) is 12.4 Å². The lowest BCUT2D eigenvalue weighted by atomic mass is 10.3. The maximum Gasteiger partial charge on any atom is 0.0297 e. The lowest BCUT2D eigenvalue weighted by Gasteiger charge is -1.87. The summed E-state index contributed by atoms with van der Waals surface area (Å²) >= 11 is 0. The van der Waals surface area contributed by atoms with Crippen LogP contribution in [0.2, 0.25) is 0 Å². The predicted octanol–water partition coefficient (Wildman–Crippen LogP) is 2.09. The van der Waals surface area contributed by atoms with Gasteiger partial charge in [-0.15, -0.1) is 0 Å². The summed E-state index contributed by atoms with van der Waals surface area (Å²) in [6.45, 7) is 2.02. The molecule has 0 aromatic heterocycles. The van der Waals surface area contributed by atoms with Crippen LogP contribution in [0.1, 0.15) is 6.92 Å². The van der Waals surface area contributed by atoms with E-state index in [4.69, 9.17) is 0 Å². The van der Waals surface area contributed by atoms with Crippen molar-refractivity contribution in [3.8, 4) is 0 Å². The van der Waals surface area contributed by atoms with Crippen molar-refractivity contribution in [3.05, 3.63) is 36.1 Å². The number of hydrogen-bond donors (Lipinski definition) is 0. The van der Waals surface area contributed by atoms with Gasteiger partial charge in [-0.1, -0.05) is 18.2 Å². The number of nitrogens with zero attached hydrogens (tertiary/aromatic N) is 1. The molecule has 0 bridgehead atoms. The standard InChI is InChI=1S/C8H9N/c1-8-5-3-2-4-6-9-7-8/h2-7H,1H3/b3-2?,4-2+,5-3?,6-4?,8-5?,8-7?,9-6?,9-7?. The Kier molecular flexibility index (Phi) is 2.02. The quantitative estimate of drug-likeness (QED) is 0.463. The van der Waals surface area contributed by atoms with Crippen LogP contribution in [0.5, 0.6) is 0 Å². The van der Waals surface area contributed by atoms with Crippen LogP contribution in [-0.4, -0.2) is 6.21 Å². The highest BCUT2D eigenvalue weighted by Crippen LogP contribution is 1.96. The summed E-state index contributed by atoms with van der Waals surface area (Å²) in [7, 11) is 0. The van der Waals surface area contributed by atoms with Gasteiger partial charge in [-0.25, -0.2) is 0 Å². The molecule has 0 fully saturated rings. The van der Waals surface area contributed by atoms with Crippen molar-refractivity contribution in [2.24, 2.45) is 4.99 Å². The first-order chi connectivity index (χ1) is 4.39. The van der Waals surface area contributed by atoms with E-state index in [1.807, 2.05) is 37.4 Å². The zero-order valence-corrected chi connectivity index (χ0v) is 5.41. The van der Waals surface area contributed by atoms with Gasteiger partial charge in [0.2, 0.25) is 0 Å². The molecule has 1 nitrogen and oxygen atoms in total. The van der Waals surface area contributed by atoms with Crippen LogP contribution in [0.15, 0.2) is 41.1 Å². The van der Waals surface area contributed by atoms with Crippen LogP contribution in [0.3, 0.4) is 0 Å². The second kappa shape index (κ2) is 3.02. The van der Waals surface area contributed by atoms with Gasteiger partial charge >= 0.3 is 0 Å². The van der Waals surface area contributed by atoms with Gasteiger partial charge in [0.15, 0.2) is 0 Å². The fourth-order valence-electron chi connectivity index (χ4n) is 0.575. The molecule has 1 aliphatic heterocycles. The largest absolute Gasteiger partial charge is 0.264 e. The first-order valence-electron chi connectivity index (χ1n) is 2.93. The molecule has 0 unspecified atom stereocenters. The van der Waals surface area contributed by atoms with Crippen molar-refractivity contribution >= 4 is 6.21 Å². The zero-order chi connectivity index (χ0) is 6.53. The summed E-state index contributed by atoms with van der Waals surface area (Å²) in [5.74, 6) is 0. The van der Waals surface area contributed by atoms with Crippen molar-refractivity contribution in [2.45, 2.75) is 6.92 Å². The van der Waals surface area contributed by atoms with E-state index in [2.05, 4.69) is 4.99 Å². The first kappa shape index (κ1) is 6.02. The Hall–Kier alpha value is -1.11. The highest BCUT2D eigenvalue weighted by atomic mass is 14.7. The summed E-state index contributed by atoms with van der Waals surface area (Å²) in [6, 6.07) is 0. The van der Waals surface area contributed by atoms with Crippen molar-refractivity contribution in [1.29, 1.82) is 0 Å². The van der Waals surface area contributed by atoms with E-state index in [0.29, 0.717) is 0 Å². The fourth-order valence-corrected chi connectivity index (χ4v) is 0.575. The minimum Gasteiger partial charge on any atom is -0.264 e. The van der Waals surface area contributed by atoms with Crippen molar-refractivity contribution in [3.63, 3.8) is 0 Å². The Labute approximate surface area is 55.1 Å². The van der Waals surface area contributed by atoms with Crippen LogP contribution >= 0.6 is 0 Å².